The molecule has 0 spiro atoms. The van der Waals surface area contributed by atoms with Gasteiger partial charge in [0.05, 0.1) is 25.4 Å². The number of hydrogen-bond acceptors (Lipinski definition) is 5. The van der Waals surface area contributed by atoms with Crippen molar-refractivity contribution in [1.82, 2.24) is 5.32 Å². The van der Waals surface area contributed by atoms with Gasteiger partial charge in [0.2, 0.25) is 0 Å². The van der Waals surface area contributed by atoms with Crippen molar-refractivity contribution in [2.24, 2.45) is 0 Å². The molecular weight excluding hydrogens is 258 g/mol. The highest BCUT2D eigenvalue weighted by molar-refractivity contribution is 5.80. The van der Waals surface area contributed by atoms with E-state index in [1.807, 2.05) is 41.5 Å². The van der Waals surface area contributed by atoms with Crippen LogP contribution in [0.2, 0.25) is 0 Å². The summed E-state index contributed by atoms with van der Waals surface area (Å²) in [5.74, 6) is -0.233. The summed E-state index contributed by atoms with van der Waals surface area (Å²) in [7, 11) is 1.65. The molecule has 1 N–H and O–H groups in total. The van der Waals surface area contributed by atoms with Crippen LogP contribution in [0.1, 0.15) is 48.0 Å². The molecule has 0 fully saturated rings. The van der Waals surface area contributed by atoms with Gasteiger partial charge in [0.1, 0.15) is 5.54 Å². The Morgan fingerprint density at radius 2 is 1.80 bits per heavy atom. The minimum atomic E-state index is -0.740. The van der Waals surface area contributed by atoms with E-state index >= 15 is 0 Å². The molecule has 0 bridgehead atoms. The van der Waals surface area contributed by atoms with Gasteiger partial charge in [-0.15, -0.1) is 0 Å². The molecule has 0 aliphatic rings. The number of carbonyl (C=O) groups excluding carboxylic acids is 1. The second kappa shape index (κ2) is 9.32. The van der Waals surface area contributed by atoms with Gasteiger partial charge in [-0.3, -0.25) is 10.1 Å². The van der Waals surface area contributed by atoms with Crippen molar-refractivity contribution in [3.8, 4) is 0 Å². The third-order valence-corrected chi connectivity index (χ3v) is 2.89. The molecule has 0 heterocycles. The van der Waals surface area contributed by atoms with Crippen LogP contribution in [0, 0.1) is 0 Å². The van der Waals surface area contributed by atoms with Gasteiger partial charge in [-0.2, -0.15) is 0 Å². The molecule has 0 aromatic carbocycles. The van der Waals surface area contributed by atoms with E-state index in [0.29, 0.717) is 19.6 Å². The van der Waals surface area contributed by atoms with Crippen molar-refractivity contribution in [3.63, 3.8) is 0 Å². The van der Waals surface area contributed by atoms with Gasteiger partial charge in [-0.25, -0.2) is 0 Å². The van der Waals surface area contributed by atoms with E-state index < -0.39 is 5.54 Å². The SMILES string of the molecule is CCOC(=O)C(C)(CC(C)OC(C)COC)NC(C)C. The van der Waals surface area contributed by atoms with E-state index in [0.717, 1.165) is 0 Å². The van der Waals surface area contributed by atoms with Crippen molar-refractivity contribution in [2.45, 2.75) is 71.8 Å². The summed E-state index contributed by atoms with van der Waals surface area (Å²) < 4.78 is 16.1. The fraction of sp³-hybridized carbons (Fsp3) is 0.933. The zero-order chi connectivity index (χ0) is 15.8. The number of esters is 1. The van der Waals surface area contributed by atoms with Crippen molar-refractivity contribution < 1.29 is 19.0 Å². The monoisotopic (exact) mass is 289 g/mol. The van der Waals surface area contributed by atoms with Crippen molar-refractivity contribution in [2.75, 3.05) is 20.3 Å². The summed E-state index contributed by atoms with van der Waals surface area (Å²) in [4.78, 5) is 12.2. The van der Waals surface area contributed by atoms with Crippen LogP contribution >= 0.6 is 0 Å². The summed E-state index contributed by atoms with van der Waals surface area (Å²) in [6, 6.07) is 0.188. The molecule has 5 heteroatoms. The first-order valence-electron chi connectivity index (χ1n) is 7.34. The Bertz CT molecular complexity index is 283. The topological polar surface area (TPSA) is 56.8 Å². The number of hydrogen-bond donors (Lipinski definition) is 1. The molecule has 3 atom stereocenters. The maximum atomic E-state index is 12.2. The Morgan fingerprint density at radius 1 is 1.20 bits per heavy atom. The van der Waals surface area contributed by atoms with Crippen LogP contribution < -0.4 is 5.32 Å². The lowest BCUT2D eigenvalue weighted by Gasteiger charge is -2.33. The zero-order valence-electron chi connectivity index (χ0n) is 14.0. The minimum absolute atomic E-state index is 0.000459. The van der Waals surface area contributed by atoms with Gasteiger partial charge in [0, 0.05) is 19.6 Å². The molecule has 3 unspecified atom stereocenters. The number of carbonyl (C=O) groups is 1. The number of methoxy groups -OCH3 is 1. The molecule has 0 saturated carbocycles. The predicted molar refractivity (Wildman–Crippen MR) is 79.8 cm³/mol. The van der Waals surface area contributed by atoms with Gasteiger partial charge in [-0.05, 0) is 41.5 Å². The zero-order valence-corrected chi connectivity index (χ0v) is 14.0. The molecular formula is C15H31NO4. The summed E-state index contributed by atoms with van der Waals surface area (Å²) >= 11 is 0. The lowest BCUT2D eigenvalue weighted by Crippen LogP contribution is -2.55. The predicted octanol–water partition coefficient (Wildman–Crippen LogP) is 2.14. The molecule has 0 radical (unpaired) electrons. The largest absolute Gasteiger partial charge is 0.465 e. The average Bonchev–Trinajstić information content (AvgIpc) is 2.27. The van der Waals surface area contributed by atoms with Gasteiger partial charge in [-0.1, -0.05) is 0 Å². The standard InChI is InChI=1S/C15H31NO4/c1-8-19-14(17)15(6,16-11(2)3)9-12(4)20-13(5)10-18-7/h11-13,16H,8-10H2,1-7H3. The molecule has 0 saturated heterocycles. The highest BCUT2D eigenvalue weighted by atomic mass is 16.5. The van der Waals surface area contributed by atoms with E-state index in [9.17, 15) is 4.79 Å². The number of nitrogens with one attached hydrogen (secondary N) is 1. The Labute approximate surface area is 123 Å². The normalized spacial score (nSPS) is 17.6. The lowest BCUT2D eigenvalue weighted by molar-refractivity contribution is -0.153. The summed E-state index contributed by atoms with van der Waals surface area (Å²) in [5, 5.41) is 3.29. The van der Waals surface area contributed by atoms with Gasteiger partial charge >= 0.3 is 5.97 Å². The van der Waals surface area contributed by atoms with Gasteiger partial charge in [0.15, 0.2) is 0 Å². The van der Waals surface area contributed by atoms with E-state index in [-0.39, 0.29) is 24.2 Å². The molecule has 0 aliphatic carbocycles. The lowest BCUT2D eigenvalue weighted by atomic mass is 9.93. The van der Waals surface area contributed by atoms with Crippen LogP contribution in [0.4, 0.5) is 0 Å². The summed E-state index contributed by atoms with van der Waals surface area (Å²) in [6.45, 7) is 12.5. The third-order valence-electron chi connectivity index (χ3n) is 2.89. The van der Waals surface area contributed by atoms with Crippen LogP contribution in [0.25, 0.3) is 0 Å². The molecule has 20 heavy (non-hydrogen) atoms. The van der Waals surface area contributed by atoms with Crippen LogP contribution in [-0.2, 0) is 19.0 Å². The van der Waals surface area contributed by atoms with Crippen LogP contribution in [0.3, 0.4) is 0 Å². The molecule has 0 amide bonds. The maximum absolute atomic E-state index is 12.2. The Morgan fingerprint density at radius 3 is 2.25 bits per heavy atom. The Hall–Kier alpha value is -0.650. The first kappa shape index (κ1) is 19.4. The highest BCUT2D eigenvalue weighted by Crippen LogP contribution is 2.19. The van der Waals surface area contributed by atoms with E-state index in [1.165, 1.54) is 0 Å². The molecule has 0 aliphatic heterocycles. The van der Waals surface area contributed by atoms with Gasteiger partial charge < -0.3 is 14.2 Å². The smallest absolute Gasteiger partial charge is 0.326 e. The quantitative estimate of drug-likeness (QED) is 0.624. The van der Waals surface area contributed by atoms with E-state index in [4.69, 9.17) is 14.2 Å². The summed E-state index contributed by atoms with van der Waals surface area (Å²) in [6.07, 6.45) is 0.485. The molecule has 5 nitrogen and oxygen atoms in total. The number of ether oxygens (including phenoxy) is 3. The molecule has 0 rings (SSSR count). The third kappa shape index (κ3) is 7.22. The van der Waals surface area contributed by atoms with E-state index in [1.54, 1.807) is 7.11 Å². The fourth-order valence-corrected chi connectivity index (χ4v) is 2.42. The second-order valence-electron chi connectivity index (χ2n) is 5.77. The Balaban J connectivity index is 4.67. The van der Waals surface area contributed by atoms with Crippen molar-refractivity contribution in [1.29, 1.82) is 0 Å². The molecule has 120 valence electrons. The van der Waals surface area contributed by atoms with Crippen LogP contribution in [0.15, 0.2) is 0 Å². The highest BCUT2D eigenvalue weighted by Gasteiger charge is 2.37. The number of rotatable bonds is 10. The first-order chi connectivity index (χ1) is 9.25. The fourth-order valence-electron chi connectivity index (χ4n) is 2.42. The average molecular weight is 289 g/mol. The molecule has 0 aromatic rings. The maximum Gasteiger partial charge on any atom is 0.326 e. The summed E-state index contributed by atoms with van der Waals surface area (Å²) in [5.41, 5.74) is -0.740. The van der Waals surface area contributed by atoms with E-state index in [2.05, 4.69) is 5.32 Å². The Kier molecular flexibility index (Phi) is 9.01. The van der Waals surface area contributed by atoms with Crippen molar-refractivity contribution >= 4 is 5.97 Å². The molecule has 0 aromatic heterocycles. The van der Waals surface area contributed by atoms with Gasteiger partial charge in [0.25, 0.3) is 0 Å². The minimum Gasteiger partial charge on any atom is -0.465 e. The van der Waals surface area contributed by atoms with Crippen LogP contribution in [-0.4, -0.2) is 50.1 Å². The first-order valence-corrected chi connectivity index (χ1v) is 7.34. The van der Waals surface area contributed by atoms with Crippen LogP contribution in [0.5, 0.6) is 0 Å². The second-order valence-corrected chi connectivity index (χ2v) is 5.77. The van der Waals surface area contributed by atoms with Crippen molar-refractivity contribution in [3.05, 3.63) is 0 Å².